The highest BCUT2D eigenvalue weighted by Gasteiger charge is 2.06. The topological polar surface area (TPSA) is 37.8 Å². The molecular formula is C13H12N2OS. The van der Waals surface area contributed by atoms with Crippen molar-refractivity contribution in [3.05, 3.63) is 56.8 Å². The second kappa shape index (κ2) is 3.89. The summed E-state index contributed by atoms with van der Waals surface area (Å²) in [4.78, 5) is 14.8. The summed E-state index contributed by atoms with van der Waals surface area (Å²) in [6, 6.07) is 6.07. The fourth-order valence-corrected chi connectivity index (χ4v) is 2.75. The van der Waals surface area contributed by atoms with Crippen LogP contribution >= 0.6 is 11.3 Å². The lowest BCUT2D eigenvalue weighted by atomic mass is 10.2. The van der Waals surface area contributed by atoms with E-state index in [1.165, 1.54) is 5.56 Å². The first-order chi connectivity index (χ1) is 8.24. The largest absolute Gasteiger partial charge is 0.339 e. The van der Waals surface area contributed by atoms with Gasteiger partial charge >= 0.3 is 0 Å². The van der Waals surface area contributed by atoms with Gasteiger partial charge < -0.3 is 9.55 Å². The molecule has 3 nitrogen and oxygen atoms in total. The smallest absolute Gasteiger partial charge is 0.272 e. The van der Waals surface area contributed by atoms with Gasteiger partial charge in [0.15, 0.2) is 0 Å². The van der Waals surface area contributed by atoms with Crippen LogP contribution in [0.4, 0.5) is 0 Å². The average molecular weight is 244 g/mol. The maximum atomic E-state index is 11.9. The highest BCUT2D eigenvalue weighted by molar-refractivity contribution is 7.07. The molecule has 0 saturated heterocycles. The molecule has 3 aromatic rings. The molecule has 0 aliphatic rings. The Morgan fingerprint density at radius 3 is 3.06 bits per heavy atom. The Kier molecular flexibility index (Phi) is 2.37. The number of hydrogen-bond donors (Lipinski definition) is 1. The Morgan fingerprint density at radius 2 is 2.29 bits per heavy atom. The third-order valence-electron chi connectivity index (χ3n) is 2.83. The molecular weight excluding hydrogens is 232 g/mol. The lowest BCUT2D eigenvalue weighted by molar-refractivity contribution is 0.834. The van der Waals surface area contributed by atoms with Gasteiger partial charge in [0, 0.05) is 23.8 Å². The van der Waals surface area contributed by atoms with E-state index in [0.717, 1.165) is 23.1 Å². The molecule has 1 N–H and O–H groups in total. The number of hydrogen-bond acceptors (Lipinski definition) is 2. The molecule has 3 rings (SSSR count). The summed E-state index contributed by atoms with van der Waals surface area (Å²) >= 11 is 1.67. The van der Waals surface area contributed by atoms with Gasteiger partial charge in [-0.25, -0.2) is 0 Å². The molecule has 0 bridgehead atoms. The van der Waals surface area contributed by atoms with Gasteiger partial charge in [-0.15, -0.1) is 0 Å². The number of aryl methyl sites for hydroxylation is 1. The second-order valence-electron chi connectivity index (χ2n) is 4.16. The molecule has 3 aromatic heterocycles. The summed E-state index contributed by atoms with van der Waals surface area (Å²) in [5.41, 5.74) is 2.87. The minimum atomic E-state index is -0.0137. The van der Waals surface area contributed by atoms with Gasteiger partial charge in [-0.2, -0.15) is 11.3 Å². The summed E-state index contributed by atoms with van der Waals surface area (Å²) in [7, 11) is 0. The van der Waals surface area contributed by atoms with Crippen LogP contribution in [0.15, 0.2) is 40.0 Å². The Balaban J connectivity index is 2.15. The van der Waals surface area contributed by atoms with Crippen LogP contribution in [0.1, 0.15) is 11.3 Å². The number of fused-ring (bicyclic) bond motifs is 1. The van der Waals surface area contributed by atoms with E-state index in [0.29, 0.717) is 0 Å². The standard InChI is InChI=1S/C13H12N2OS/c1-9-6-11-2-4-15(12(11)13(16)14-9)7-10-3-5-17-8-10/h2-6,8H,7H2,1H3,(H,14,16). The van der Waals surface area contributed by atoms with Crippen molar-refractivity contribution in [2.75, 3.05) is 0 Å². The second-order valence-corrected chi connectivity index (χ2v) is 4.94. The van der Waals surface area contributed by atoms with E-state index in [-0.39, 0.29) is 5.56 Å². The molecule has 0 unspecified atom stereocenters. The number of rotatable bonds is 2. The maximum Gasteiger partial charge on any atom is 0.272 e. The zero-order chi connectivity index (χ0) is 11.8. The van der Waals surface area contributed by atoms with Crippen LogP contribution in [0.3, 0.4) is 0 Å². The van der Waals surface area contributed by atoms with Gasteiger partial charge in [0.05, 0.1) is 0 Å². The highest BCUT2D eigenvalue weighted by Crippen LogP contribution is 2.15. The van der Waals surface area contributed by atoms with Crippen LogP contribution in [-0.4, -0.2) is 9.55 Å². The SMILES string of the molecule is Cc1cc2ccn(Cc3ccsc3)c2c(=O)[nH]1. The van der Waals surface area contributed by atoms with Gasteiger partial charge in [-0.1, -0.05) is 0 Å². The summed E-state index contributed by atoms with van der Waals surface area (Å²) in [5, 5.41) is 5.16. The zero-order valence-electron chi connectivity index (χ0n) is 9.43. The average Bonchev–Trinajstić information content (AvgIpc) is 2.88. The van der Waals surface area contributed by atoms with Crippen molar-refractivity contribution in [2.45, 2.75) is 13.5 Å². The number of aromatic amines is 1. The van der Waals surface area contributed by atoms with Crippen LogP contribution < -0.4 is 5.56 Å². The monoisotopic (exact) mass is 244 g/mol. The van der Waals surface area contributed by atoms with Crippen molar-refractivity contribution in [2.24, 2.45) is 0 Å². The molecule has 86 valence electrons. The van der Waals surface area contributed by atoms with Crippen molar-refractivity contribution in [3.8, 4) is 0 Å². The van der Waals surface area contributed by atoms with Crippen LogP contribution in [0.5, 0.6) is 0 Å². The Labute approximate surface area is 102 Å². The third-order valence-corrected chi connectivity index (χ3v) is 3.56. The van der Waals surface area contributed by atoms with Gasteiger partial charge in [0.2, 0.25) is 0 Å². The molecule has 0 spiro atoms. The van der Waals surface area contributed by atoms with E-state index in [1.54, 1.807) is 11.3 Å². The van der Waals surface area contributed by atoms with E-state index >= 15 is 0 Å². The number of nitrogens with one attached hydrogen (secondary N) is 1. The van der Waals surface area contributed by atoms with Crippen LogP contribution in [0, 0.1) is 6.92 Å². The van der Waals surface area contributed by atoms with Gasteiger partial charge in [0.1, 0.15) is 5.52 Å². The summed E-state index contributed by atoms with van der Waals surface area (Å²) < 4.78 is 2.00. The van der Waals surface area contributed by atoms with E-state index < -0.39 is 0 Å². The Morgan fingerprint density at radius 1 is 1.41 bits per heavy atom. The van der Waals surface area contributed by atoms with Crippen LogP contribution in [0.2, 0.25) is 0 Å². The summed E-state index contributed by atoms with van der Waals surface area (Å²) in [6.45, 7) is 2.65. The lowest BCUT2D eigenvalue weighted by Gasteiger charge is -2.03. The van der Waals surface area contributed by atoms with Crippen molar-refractivity contribution >= 4 is 22.2 Å². The van der Waals surface area contributed by atoms with Gasteiger partial charge in [-0.3, -0.25) is 4.79 Å². The molecule has 0 radical (unpaired) electrons. The molecule has 0 aliphatic carbocycles. The molecule has 0 amide bonds. The number of aromatic nitrogens is 2. The normalized spacial score (nSPS) is 11.1. The lowest BCUT2D eigenvalue weighted by Crippen LogP contribution is -2.12. The van der Waals surface area contributed by atoms with E-state index in [4.69, 9.17) is 0 Å². The molecule has 0 aromatic carbocycles. The summed E-state index contributed by atoms with van der Waals surface area (Å²) in [5.74, 6) is 0. The molecule has 3 heterocycles. The van der Waals surface area contributed by atoms with Gasteiger partial charge in [-0.05, 0) is 41.4 Å². The molecule has 0 fully saturated rings. The molecule has 0 atom stereocenters. The van der Waals surface area contributed by atoms with Crippen molar-refractivity contribution in [1.82, 2.24) is 9.55 Å². The van der Waals surface area contributed by atoms with Crippen molar-refractivity contribution in [3.63, 3.8) is 0 Å². The molecule has 17 heavy (non-hydrogen) atoms. The number of thiophene rings is 1. The zero-order valence-corrected chi connectivity index (χ0v) is 10.3. The Hall–Kier alpha value is -1.81. The first-order valence-corrected chi connectivity index (χ1v) is 6.38. The molecule has 0 saturated carbocycles. The number of nitrogens with zero attached hydrogens (tertiary/aromatic N) is 1. The number of pyridine rings is 1. The minimum Gasteiger partial charge on any atom is -0.339 e. The Bertz CT molecular complexity index is 707. The minimum absolute atomic E-state index is 0.0137. The van der Waals surface area contributed by atoms with E-state index in [2.05, 4.69) is 21.8 Å². The van der Waals surface area contributed by atoms with E-state index in [9.17, 15) is 4.79 Å². The molecule has 4 heteroatoms. The predicted molar refractivity (Wildman–Crippen MR) is 70.7 cm³/mol. The summed E-state index contributed by atoms with van der Waals surface area (Å²) in [6.07, 6.45) is 1.97. The van der Waals surface area contributed by atoms with Crippen LogP contribution in [-0.2, 0) is 6.54 Å². The highest BCUT2D eigenvalue weighted by atomic mass is 32.1. The maximum absolute atomic E-state index is 11.9. The third kappa shape index (κ3) is 1.80. The van der Waals surface area contributed by atoms with E-state index in [1.807, 2.05) is 29.8 Å². The fourth-order valence-electron chi connectivity index (χ4n) is 2.09. The van der Waals surface area contributed by atoms with Crippen LogP contribution in [0.25, 0.3) is 10.9 Å². The quantitative estimate of drug-likeness (QED) is 0.739. The fraction of sp³-hybridized carbons (Fsp3) is 0.154. The van der Waals surface area contributed by atoms with Gasteiger partial charge in [0.25, 0.3) is 5.56 Å². The first-order valence-electron chi connectivity index (χ1n) is 5.44. The first kappa shape index (κ1) is 10.4. The van der Waals surface area contributed by atoms with Crippen molar-refractivity contribution < 1.29 is 0 Å². The molecule has 0 aliphatic heterocycles. The predicted octanol–water partition coefficient (Wildman–Crippen LogP) is 2.75. The van der Waals surface area contributed by atoms with Crippen molar-refractivity contribution in [1.29, 1.82) is 0 Å². The number of H-pyrrole nitrogens is 1.